The molecule has 10 atom stereocenters. The summed E-state index contributed by atoms with van der Waals surface area (Å²) < 4.78 is 30.3. The van der Waals surface area contributed by atoms with Crippen LogP contribution in [0.3, 0.4) is 0 Å². The summed E-state index contributed by atoms with van der Waals surface area (Å²) in [7, 11) is -9.71. The zero-order chi connectivity index (χ0) is 35.6. The molecule has 10 unspecified atom stereocenters. The largest absolute Gasteiger partial charge is 0.480 e. The molecule has 0 aromatic rings. The van der Waals surface area contributed by atoms with E-state index in [1.165, 1.54) is 13.1 Å². The van der Waals surface area contributed by atoms with Gasteiger partial charge in [-0.1, -0.05) is 0 Å². The van der Waals surface area contributed by atoms with Gasteiger partial charge < -0.3 is 71.8 Å². The number of aliphatic hydroxyl groups is 4. The first kappa shape index (κ1) is 55.7. The topological polar surface area (TPSA) is 404 Å². The summed E-state index contributed by atoms with van der Waals surface area (Å²) in [6.45, 7) is 5.97. The van der Waals surface area contributed by atoms with Gasteiger partial charge in [0.2, 0.25) is 0 Å². The molecule has 0 aromatic heterocycles. The number of rotatable bonds is 14. The summed E-state index contributed by atoms with van der Waals surface area (Å²) >= 11 is 0. The molecule has 0 bridgehead atoms. The average molecular weight is 872 g/mol. The van der Waals surface area contributed by atoms with E-state index >= 15 is 0 Å². The van der Waals surface area contributed by atoms with Gasteiger partial charge in [0.05, 0.1) is 31.0 Å². The third-order valence-corrected chi connectivity index (χ3v) is 8.43. The summed E-state index contributed by atoms with van der Waals surface area (Å²) in [4.78, 5) is 65.0. The maximum Gasteiger partial charge on any atom is 0.469 e. The summed E-state index contributed by atoms with van der Waals surface area (Å²) in [6, 6.07) is -3.70. The molecule has 0 aromatic carbocycles. The molecule has 22 nitrogen and oxygen atoms in total. The van der Waals surface area contributed by atoms with Crippen LogP contribution in [0.2, 0.25) is 0 Å². The third-order valence-electron chi connectivity index (χ3n) is 7.21. The standard InChI is InChI=1S/C12H23N2O8P.C12H21N2O8P.2Cu.2H2O/c2*1-6-11(16)9(8(5-15)3-13-6)4-14-10(12(17)18)7(2)22-23(19,20)21;;;;/h4,6-11,13,15-16H,3,5H2,1-2H3,(H,17,18)(H2,19,20,21);4,6-7,10-11,13,15-16H,3,5H2,1-2H3,(H,17,18)(H2,19,20,21);;;2*1H2/p+2. The molecule has 0 aliphatic carbocycles. The van der Waals surface area contributed by atoms with Gasteiger partial charge in [0.25, 0.3) is 0 Å². The summed E-state index contributed by atoms with van der Waals surface area (Å²) in [5.41, 5.74) is 0.723. The molecule has 2 aliphatic rings. The van der Waals surface area contributed by atoms with E-state index in [0.717, 1.165) is 13.1 Å². The first-order valence-corrected chi connectivity index (χ1v) is 17.0. The minimum absolute atomic E-state index is 0. The Morgan fingerprint density at radius 3 is 1.74 bits per heavy atom. The normalized spacial score (nSPS) is 26.5. The van der Waals surface area contributed by atoms with Gasteiger partial charge in [-0.05, 0) is 33.3 Å². The minimum atomic E-state index is -4.86. The third kappa shape index (κ3) is 18.6. The molecule has 2 rings (SSSR count). The summed E-state index contributed by atoms with van der Waals surface area (Å²) in [5.74, 6) is -3.79. The van der Waals surface area contributed by atoms with Crippen LogP contribution in [-0.2, 0) is 72.9 Å². The number of aliphatic hydroxyl groups excluding tert-OH is 4. The molecule has 2 heterocycles. The van der Waals surface area contributed by atoms with Crippen LogP contribution in [0.25, 0.3) is 0 Å². The number of piperidine rings is 1. The van der Waals surface area contributed by atoms with E-state index in [1.54, 1.807) is 13.8 Å². The number of carboxylic acid groups (broad SMARTS) is 2. The summed E-state index contributed by atoms with van der Waals surface area (Å²) in [5, 5.41) is 63.1. The Balaban J connectivity index is -0.000000392. The number of phosphoric ester groups is 2. The predicted molar refractivity (Wildman–Crippen MR) is 170 cm³/mol. The Morgan fingerprint density at radius 2 is 1.34 bits per heavy atom. The van der Waals surface area contributed by atoms with Gasteiger partial charge in [-0.15, -0.1) is 0 Å². The van der Waals surface area contributed by atoms with Crippen LogP contribution < -0.4 is 10.6 Å². The van der Waals surface area contributed by atoms with Crippen molar-refractivity contribution in [2.45, 2.75) is 76.3 Å². The van der Waals surface area contributed by atoms with Crippen molar-refractivity contribution in [1.29, 1.82) is 0 Å². The van der Waals surface area contributed by atoms with Crippen molar-refractivity contribution < 1.29 is 123 Å². The Hall–Kier alpha value is -1.04. The molecular formula is C24H50Cu2N4O18P2+2. The van der Waals surface area contributed by atoms with Gasteiger partial charge in [-0.25, -0.2) is 18.7 Å². The fourth-order valence-electron chi connectivity index (χ4n) is 4.57. The molecule has 18 N–H and O–H groups in total. The second-order valence-electron chi connectivity index (χ2n) is 10.8. The van der Waals surface area contributed by atoms with E-state index in [-0.39, 0.29) is 81.9 Å². The smallest absolute Gasteiger partial charge is 0.469 e. The Morgan fingerprint density at radius 1 is 0.880 bits per heavy atom. The molecule has 1 fully saturated rings. The molecule has 304 valence electrons. The molecule has 0 saturated carbocycles. The number of phosphoric acid groups is 2. The number of hydrogen-bond acceptors (Lipinski definition) is 14. The Bertz CT molecular complexity index is 1220. The second-order valence-corrected chi connectivity index (χ2v) is 13.2. The maximum atomic E-state index is 11.2. The fraction of sp³-hybridized carbons (Fsp3) is 0.750. The minimum Gasteiger partial charge on any atom is -0.480 e. The second kappa shape index (κ2) is 25.1. The summed E-state index contributed by atoms with van der Waals surface area (Å²) in [6.07, 6.45) is -2.31. The first-order valence-electron chi connectivity index (χ1n) is 13.9. The van der Waals surface area contributed by atoms with Crippen molar-refractivity contribution in [3.8, 4) is 0 Å². The number of carbonyl (C=O) groups is 2. The average Bonchev–Trinajstić information content (AvgIpc) is 2.91. The van der Waals surface area contributed by atoms with E-state index < -0.39 is 70.0 Å². The Labute approximate surface area is 308 Å². The van der Waals surface area contributed by atoms with E-state index in [0.29, 0.717) is 18.7 Å². The molecule has 0 amide bonds. The molecule has 1 saturated heterocycles. The van der Waals surface area contributed by atoms with Crippen LogP contribution in [0.1, 0.15) is 27.7 Å². The monoisotopic (exact) mass is 870 g/mol. The number of nitrogens with one attached hydrogen (secondary N) is 2. The van der Waals surface area contributed by atoms with Gasteiger partial charge in [0.15, 0.2) is 12.1 Å². The number of aliphatic imine (C=N–C) groups is 2. The van der Waals surface area contributed by atoms with Crippen molar-refractivity contribution in [1.82, 2.24) is 10.6 Å². The molecule has 26 heteroatoms. The van der Waals surface area contributed by atoms with E-state index in [4.69, 9.17) is 29.8 Å². The number of aliphatic carboxylic acids is 2. The Kier molecular flexibility index (Phi) is 27.9. The van der Waals surface area contributed by atoms with Gasteiger partial charge in [0.1, 0.15) is 0 Å². The van der Waals surface area contributed by atoms with Crippen molar-refractivity contribution >= 4 is 40.0 Å². The quantitative estimate of drug-likeness (QED) is 0.0338. The van der Waals surface area contributed by atoms with E-state index in [1.807, 2.05) is 0 Å². The fourth-order valence-corrected chi connectivity index (χ4v) is 5.66. The van der Waals surface area contributed by atoms with Crippen molar-refractivity contribution in [3.05, 3.63) is 11.1 Å². The molecular weight excluding hydrogens is 821 g/mol. The number of hydrogen-bond donors (Lipinski definition) is 12. The van der Waals surface area contributed by atoms with Crippen LogP contribution in [0.15, 0.2) is 21.1 Å². The van der Waals surface area contributed by atoms with Crippen LogP contribution >= 0.6 is 15.6 Å². The predicted octanol–water partition coefficient (Wildman–Crippen LogP) is -4.61. The van der Waals surface area contributed by atoms with Crippen LogP contribution in [-0.4, -0.2) is 149 Å². The molecule has 0 spiro atoms. The van der Waals surface area contributed by atoms with Crippen molar-refractivity contribution in [2.24, 2.45) is 21.8 Å². The van der Waals surface area contributed by atoms with Crippen molar-refractivity contribution in [3.63, 3.8) is 0 Å². The SMILES string of the molecule is CC1NCC(CO)=C(C=NC(C(=O)O)C(C)OP(=O)(O)O)C1O.CC1NCC(CO)C(C=NC(C(=O)O)C(C)OP(=O)(O)O)C1O.[Cu].[Cu].[OH3+].[OH3+]. The zero-order valence-electron chi connectivity index (χ0n) is 27.2. The van der Waals surface area contributed by atoms with Gasteiger partial charge in [0, 0.05) is 95.8 Å². The van der Waals surface area contributed by atoms with Gasteiger partial charge in [-0.3, -0.25) is 19.0 Å². The molecule has 50 heavy (non-hydrogen) atoms. The van der Waals surface area contributed by atoms with E-state index in [9.17, 15) is 39.1 Å². The zero-order valence-corrected chi connectivity index (χ0v) is 30.9. The van der Waals surface area contributed by atoms with Crippen LogP contribution in [0.4, 0.5) is 0 Å². The molecule has 2 radical (unpaired) electrons. The molecule has 2 aliphatic heterocycles. The van der Waals surface area contributed by atoms with Crippen LogP contribution in [0, 0.1) is 11.8 Å². The van der Waals surface area contributed by atoms with Gasteiger partial charge >= 0.3 is 27.6 Å². The van der Waals surface area contributed by atoms with Crippen molar-refractivity contribution in [2.75, 3.05) is 26.3 Å². The first-order chi connectivity index (χ1) is 21.1. The van der Waals surface area contributed by atoms with Crippen LogP contribution in [0.5, 0.6) is 0 Å². The van der Waals surface area contributed by atoms with E-state index in [2.05, 4.69) is 29.7 Å². The number of nitrogens with zero attached hydrogens (tertiary/aromatic N) is 2. The van der Waals surface area contributed by atoms with Gasteiger partial charge in [-0.2, -0.15) is 0 Å². The number of carboxylic acids is 2. The maximum absolute atomic E-state index is 11.2.